The van der Waals surface area contributed by atoms with E-state index in [1.807, 2.05) is 37.8 Å². The second kappa shape index (κ2) is 13.0. The molecule has 4 aromatic rings. The summed E-state index contributed by atoms with van der Waals surface area (Å²) in [6.07, 6.45) is 0.217. The summed E-state index contributed by atoms with van der Waals surface area (Å²) in [4.78, 5) is 27.3. The summed E-state index contributed by atoms with van der Waals surface area (Å²) in [5.74, 6) is -0.141. The number of nitrogens with one attached hydrogen (secondary N) is 1. The molecule has 2 N–H and O–H groups in total. The summed E-state index contributed by atoms with van der Waals surface area (Å²) in [5.41, 5.74) is 5.10. The maximum Gasteiger partial charge on any atom is 0.413 e. The van der Waals surface area contributed by atoms with E-state index in [2.05, 4.69) is 34.2 Å². The van der Waals surface area contributed by atoms with Gasteiger partial charge in [-0.2, -0.15) is 4.98 Å². The molecule has 1 saturated heterocycles. The number of anilines is 4. The molecule has 1 amide bonds. The number of nitrogens with zero attached hydrogens (tertiary/aromatic N) is 5. The van der Waals surface area contributed by atoms with Gasteiger partial charge in [0.05, 0.1) is 11.7 Å². The molecular formula is C33H35Cl2FN6O2. The third kappa shape index (κ3) is 6.60. The highest BCUT2D eigenvalue weighted by molar-refractivity contribution is 6.33. The molecule has 1 aliphatic heterocycles. The van der Waals surface area contributed by atoms with Gasteiger partial charge in [-0.1, -0.05) is 40.9 Å². The van der Waals surface area contributed by atoms with Crippen LogP contribution in [0.15, 0.2) is 60.8 Å². The Labute approximate surface area is 267 Å². The van der Waals surface area contributed by atoms with Crippen LogP contribution in [0.5, 0.6) is 0 Å². The first-order chi connectivity index (χ1) is 20.9. The standard InChI is InChI=1S/C33H35Cl2FN6O2/c1-19-14-20(2)30(21(3)15-19)31(25-16-23(34)6-8-26(25)35)42(33(43)44)29-10-11-37-32(39-29)38-24-7-9-28(27(36)17-24)41-13-12-40(5)22(4)18-41/h6-11,14-17,22,31H,12-13,18H2,1-5H3,(H,43,44)(H,37,38,39). The minimum atomic E-state index is -1.24. The van der Waals surface area contributed by atoms with Crippen molar-refractivity contribution >= 4 is 52.4 Å². The van der Waals surface area contributed by atoms with Crippen LogP contribution in [0.2, 0.25) is 10.0 Å². The van der Waals surface area contributed by atoms with Crippen LogP contribution in [0, 0.1) is 26.6 Å². The number of hydrogen-bond donors (Lipinski definition) is 2. The number of carboxylic acid groups (broad SMARTS) is 1. The lowest BCUT2D eigenvalue weighted by Gasteiger charge is -2.39. The highest BCUT2D eigenvalue weighted by atomic mass is 35.5. The molecule has 11 heteroatoms. The molecule has 0 radical (unpaired) electrons. The van der Waals surface area contributed by atoms with Gasteiger partial charge in [-0.05, 0) is 99.5 Å². The number of carbonyl (C=O) groups is 1. The fourth-order valence-corrected chi connectivity index (χ4v) is 6.29. The normalized spacial score (nSPS) is 16.1. The number of aryl methyl sites for hydroxylation is 3. The molecule has 230 valence electrons. The lowest BCUT2D eigenvalue weighted by molar-refractivity contribution is 0.200. The van der Waals surface area contributed by atoms with E-state index in [0.717, 1.165) is 46.8 Å². The summed E-state index contributed by atoms with van der Waals surface area (Å²) in [6, 6.07) is 14.8. The Morgan fingerprint density at radius 3 is 2.45 bits per heavy atom. The van der Waals surface area contributed by atoms with Gasteiger partial charge in [-0.3, -0.25) is 0 Å². The van der Waals surface area contributed by atoms with Gasteiger partial charge in [0, 0.05) is 47.6 Å². The second-order valence-electron chi connectivity index (χ2n) is 11.3. The summed E-state index contributed by atoms with van der Waals surface area (Å²) in [5, 5.41) is 14.5. The van der Waals surface area contributed by atoms with E-state index in [1.165, 1.54) is 18.3 Å². The minimum Gasteiger partial charge on any atom is -0.465 e. The molecule has 1 aliphatic rings. The van der Waals surface area contributed by atoms with Crippen molar-refractivity contribution in [2.45, 2.75) is 39.8 Å². The molecule has 2 atom stereocenters. The van der Waals surface area contributed by atoms with Crippen LogP contribution in [0.25, 0.3) is 0 Å². The first kappa shape index (κ1) is 31.5. The van der Waals surface area contributed by atoms with E-state index in [-0.39, 0.29) is 17.6 Å². The highest BCUT2D eigenvalue weighted by Crippen LogP contribution is 2.40. The van der Waals surface area contributed by atoms with Crippen molar-refractivity contribution in [1.29, 1.82) is 0 Å². The molecule has 5 rings (SSSR count). The predicted molar refractivity (Wildman–Crippen MR) is 175 cm³/mol. The Balaban J connectivity index is 1.52. The second-order valence-corrected chi connectivity index (χ2v) is 12.2. The van der Waals surface area contributed by atoms with Crippen LogP contribution in [0.4, 0.5) is 32.3 Å². The molecule has 8 nitrogen and oxygen atoms in total. The van der Waals surface area contributed by atoms with E-state index < -0.39 is 12.1 Å². The fraction of sp³-hybridized carbons (Fsp3) is 0.303. The minimum absolute atomic E-state index is 0.110. The number of likely N-dealkylation sites (N-methyl/N-ethyl adjacent to an activating group) is 1. The zero-order chi connectivity index (χ0) is 31.7. The largest absolute Gasteiger partial charge is 0.465 e. The Kier molecular flexibility index (Phi) is 9.29. The van der Waals surface area contributed by atoms with Gasteiger partial charge in [-0.25, -0.2) is 19.1 Å². The smallest absolute Gasteiger partial charge is 0.413 e. The van der Waals surface area contributed by atoms with Crippen molar-refractivity contribution in [3.8, 4) is 0 Å². The lowest BCUT2D eigenvalue weighted by atomic mass is 9.89. The number of rotatable bonds is 7. The monoisotopic (exact) mass is 636 g/mol. The number of aromatic nitrogens is 2. The number of piperazine rings is 1. The average molecular weight is 638 g/mol. The van der Waals surface area contributed by atoms with Crippen LogP contribution in [-0.4, -0.2) is 58.8 Å². The first-order valence-corrected chi connectivity index (χ1v) is 15.1. The fourth-order valence-electron chi connectivity index (χ4n) is 5.89. The maximum absolute atomic E-state index is 15.3. The van der Waals surface area contributed by atoms with Gasteiger partial charge in [0.15, 0.2) is 0 Å². The maximum atomic E-state index is 15.3. The van der Waals surface area contributed by atoms with E-state index in [4.69, 9.17) is 23.2 Å². The average Bonchev–Trinajstić information content (AvgIpc) is 2.95. The van der Waals surface area contributed by atoms with Gasteiger partial charge < -0.3 is 20.2 Å². The molecule has 1 fully saturated rings. The Morgan fingerprint density at radius 1 is 1.07 bits per heavy atom. The summed E-state index contributed by atoms with van der Waals surface area (Å²) in [6.45, 7) is 10.3. The van der Waals surface area contributed by atoms with Crippen LogP contribution in [0.1, 0.15) is 40.8 Å². The predicted octanol–water partition coefficient (Wildman–Crippen LogP) is 8.01. The Morgan fingerprint density at radius 2 is 1.80 bits per heavy atom. The van der Waals surface area contributed by atoms with Gasteiger partial charge in [-0.15, -0.1) is 0 Å². The highest BCUT2D eigenvalue weighted by Gasteiger charge is 2.33. The molecular weight excluding hydrogens is 602 g/mol. The number of benzene rings is 3. The van der Waals surface area contributed by atoms with Crippen molar-refractivity contribution < 1.29 is 14.3 Å². The molecule has 1 aromatic heterocycles. The summed E-state index contributed by atoms with van der Waals surface area (Å²) in [7, 11) is 2.07. The zero-order valence-electron chi connectivity index (χ0n) is 25.3. The van der Waals surface area contributed by atoms with Crippen molar-refractivity contribution in [3.05, 3.63) is 104 Å². The molecule has 0 aliphatic carbocycles. The molecule has 2 heterocycles. The molecule has 0 bridgehead atoms. The van der Waals surface area contributed by atoms with Crippen molar-refractivity contribution in [2.75, 3.05) is 41.8 Å². The van der Waals surface area contributed by atoms with Gasteiger partial charge in [0.25, 0.3) is 0 Å². The van der Waals surface area contributed by atoms with E-state index in [0.29, 0.717) is 33.0 Å². The van der Waals surface area contributed by atoms with Crippen LogP contribution in [0.3, 0.4) is 0 Å². The molecule has 0 saturated carbocycles. The first-order valence-electron chi connectivity index (χ1n) is 14.3. The Hall–Kier alpha value is -3.92. The van der Waals surface area contributed by atoms with Crippen LogP contribution in [-0.2, 0) is 0 Å². The molecule has 44 heavy (non-hydrogen) atoms. The topological polar surface area (TPSA) is 84.8 Å². The lowest BCUT2D eigenvalue weighted by Crippen LogP contribution is -2.50. The van der Waals surface area contributed by atoms with Crippen LogP contribution < -0.4 is 15.1 Å². The van der Waals surface area contributed by atoms with Gasteiger partial charge in [0.2, 0.25) is 5.95 Å². The molecule has 3 aromatic carbocycles. The quantitative estimate of drug-likeness (QED) is 0.212. The van der Waals surface area contributed by atoms with Crippen LogP contribution >= 0.6 is 23.2 Å². The third-order valence-corrected chi connectivity index (χ3v) is 8.70. The van der Waals surface area contributed by atoms with Crippen molar-refractivity contribution in [3.63, 3.8) is 0 Å². The van der Waals surface area contributed by atoms with E-state index >= 15 is 4.39 Å². The van der Waals surface area contributed by atoms with E-state index in [1.54, 1.807) is 30.3 Å². The third-order valence-electron chi connectivity index (χ3n) is 8.12. The Bertz CT molecular complexity index is 1680. The number of amides is 1. The number of halogens is 3. The van der Waals surface area contributed by atoms with Gasteiger partial charge in [0.1, 0.15) is 11.6 Å². The SMILES string of the molecule is Cc1cc(C)c(C(c2cc(Cl)ccc2Cl)N(C(=O)O)c2ccnc(Nc3ccc(N4CCN(C)C(C)C4)c(F)c3)n2)c(C)c1. The summed E-state index contributed by atoms with van der Waals surface area (Å²) < 4.78 is 15.3. The summed E-state index contributed by atoms with van der Waals surface area (Å²) >= 11 is 13.1. The zero-order valence-corrected chi connectivity index (χ0v) is 26.8. The van der Waals surface area contributed by atoms with E-state index in [9.17, 15) is 9.90 Å². The molecule has 0 spiro atoms. The van der Waals surface area contributed by atoms with Crippen molar-refractivity contribution in [2.24, 2.45) is 0 Å². The number of hydrogen-bond acceptors (Lipinski definition) is 6. The van der Waals surface area contributed by atoms with Gasteiger partial charge >= 0.3 is 6.09 Å². The van der Waals surface area contributed by atoms with Crippen molar-refractivity contribution in [1.82, 2.24) is 14.9 Å². The molecule has 2 unspecified atom stereocenters.